The number of hydrogen-bond acceptors (Lipinski definition) is 8. The highest BCUT2D eigenvalue weighted by Crippen LogP contribution is 2.18. The van der Waals surface area contributed by atoms with Crippen LogP contribution in [0.25, 0.3) is 0 Å². The SMILES string of the molecule is CC(C)C[C@H](NC(=O)[C@H](COC(F)F)NC(=O)CN1CCOCC1)C(=O)N[C@@](COC(F)F)(Cc1ccccc1)C(=O)O. The number of carboxylic acids is 1. The fourth-order valence-corrected chi connectivity index (χ4v) is 4.32. The zero-order valence-electron chi connectivity index (χ0n) is 23.9. The molecule has 1 aliphatic heterocycles. The van der Waals surface area contributed by atoms with Crippen molar-refractivity contribution in [2.24, 2.45) is 5.92 Å². The van der Waals surface area contributed by atoms with E-state index < -0.39 is 74.2 Å². The molecule has 0 saturated carbocycles. The number of alkyl halides is 4. The summed E-state index contributed by atoms with van der Waals surface area (Å²) in [6.45, 7) is -3.72. The minimum absolute atomic E-state index is 0.0571. The van der Waals surface area contributed by atoms with Gasteiger partial charge in [0.25, 0.3) is 0 Å². The van der Waals surface area contributed by atoms with Crippen LogP contribution < -0.4 is 16.0 Å². The Hall–Kier alpha value is -3.34. The number of amides is 3. The summed E-state index contributed by atoms with van der Waals surface area (Å²) in [5.41, 5.74) is -1.97. The van der Waals surface area contributed by atoms with E-state index in [1.807, 2.05) is 0 Å². The number of ether oxygens (including phenoxy) is 3. The number of rotatable bonds is 18. The van der Waals surface area contributed by atoms with Crippen LogP contribution in [0.4, 0.5) is 17.6 Å². The third kappa shape index (κ3) is 12.8. The lowest BCUT2D eigenvalue weighted by Crippen LogP contribution is -2.64. The zero-order valence-corrected chi connectivity index (χ0v) is 23.9. The van der Waals surface area contributed by atoms with Crippen molar-refractivity contribution in [3.8, 4) is 0 Å². The molecule has 1 aromatic rings. The molecule has 3 atom stereocenters. The average molecular weight is 623 g/mol. The number of carboxylic acid groups (broad SMARTS) is 1. The van der Waals surface area contributed by atoms with E-state index in [0.717, 1.165) is 0 Å². The molecule has 1 fully saturated rings. The number of halogens is 4. The highest BCUT2D eigenvalue weighted by atomic mass is 19.3. The minimum Gasteiger partial charge on any atom is -0.479 e. The van der Waals surface area contributed by atoms with Gasteiger partial charge in [0.1, 0.15) is 12.1 Å². The molecule has 1 heterocycles. The molecule has 0 bridgehead atoms. The maximum Gasteiger partial charge on any atom is 0.345 e. The molecule has 0 aromatic heterocycles. The molecule has 0 radical (unpaired) electrons. The molecule has 2 rings (SSSR count). The fraction of sp³-hybridized carbons (Fsp3) is 0.630. The largest absolute Gasteiger partial charge is 0.479 e. The van der Waals surface area contributed by atoms with Crippen molar-refractivity contribution in [3.63, 3.8) is 0 Å². The molecule has 242 valence electrons. The van der Waals surface area contributed by atoms with E-state index in [1.165, 1.54) is 12.1 Å². The molecular formula is C27H38F4N4O8. The predicted molar refractivity (Wildman–Crippen MR) is 143 cm³/mol. The van der Waals surface area contributed by atoms with Crippen molar-refractivity contribution < 1.29 is 56.1 Å². The van der Waals surface area contributed by atoms with Crippen molar-refractivity contribution in [1.82, 2.24) is 20.9 Å². The van der Waals surface area contributed by atoms with Gasteiger partial charge in [-0.25, -0.2) is 4.79 Å². The Kier molecular flexibility index (Phi) is 14.8. The van der Waals surface area contributed by atoms with Crippen LogP contribution >= 0.6 is 0 Å². The number of nitrogens with zero attached hydrogens (tertiary/aromatic N) is 1. The van der Waals surface area contributed by atoms with E-state index in [9.17, 15) is 41.8 Å². The summed E-state index contributed by atoms with van der Waals surface area (Å²) in [6, 6.07) is 4.82. The van der Waals surface area contributed by atoms with Crippen LogP contribution in [0, 0.1) is 5.92 Å². The summed E-state index contributed by atoms with van der Waals surface area (Å²) in [4.78, 5) is 53.4. The molecular weight excluding hydrogens is 584 g/mol. The first-order chi connectivity index (χ1) is 20.3. The van der Waals surface area contributed by atoms with Crippen molar-refractivity contribution in [2.75, 3.05) is 46.1 Å². The molecule has 3 amide bonds. The first-order valence-corrected chi connectivity index (χ1v) is 13.6. The van der Waals surface area contributed by atoms with E-state index >= 15 is 0 Å². The fourth-order valence-electron chi connectivity index (χ4n) is 4.32. The van der Waals surface area contributed by atoms with Gasteiger partial charge in [-0.15, -0.1) is 0 Å². The lowest BCUT2D eigenvalue weighted by atomic mass is 9.90. The third-order valence-corrected chi connectivity index (χ3v) is 6.43. The molecule has 1 aromatic carbocycles. The van der Waals surface area contributed by atoms with Crippen molar-refractivity contribution in [1.29, 1.82) is 0 Å². The van der Waals surface area contributed by atoms with Gasteiger partial charge in [-0.1, -0.05) is 44.2 Å². The first-order valence-electron chi connectivity index (χ1n) is 13.6. The summed E-state index contributed by atoms with van der Waals surface area (Å²) < 4.78 is 65.4. The second-order valence-corrected chi connectivity index (χ2v) is 10.4. The summed E-state index contributed by atoms with van der Waals surface area (Å²) in [7, 11) is 0. The monoisotopic (exact) mass is 622 g/mol. The first kappa shape index (κ1) is 35.9. The number of hydrogen-bond donors (Lipinski definition) is 4. The topological polar surface area (TPSA) is 156 Å². The Labute approximate surface area is 246 Å². The molecule has 0 aliphatic carbocycles. The van der Waals surface area contributed by atoms with Gasteiger partial charge >= 0.3 is 19.2 Å². The van der Waals surface area contributed by atoms with Crippen molar-refractivity contribution >= 4 is 23.7 Å². The van der Waals surface area contributed by atoms with Gasteiger partial charge in [0.15, 0.2) is 5.54 Å². The van der Waals surface area contributed by atoms with Crippen molar-refractivity contribution in [3.05, 3.63) is 35.9 Å². The van der Waals surface area contributed by atoms with Gasteiger partial charge < -0.3 is 35.3 Å². The highest BCUT2D eigenvalue weighted by molar-refractivity contribution is 5.94. The smallest absolute Gasteiger partial charge is 0.345 e. The number of aliphatic carboxylic acids is 1. The highest BCUT2D eigenvalue weighted by Gasteiger charge is 2.43. The number of carbonyl (C=O) groups excluding carboxylic acids is 3. The Balaban J connectivity index is 2.26. The molecule has 0 unspecified atom stereocenters. The van der Waals surface area contributed by atoms with Gasteiger partial charge in [-0.05, 0) is 17.9 Å². The van der Waals surface area contributed by atoms with Gasteiger partial charge in [0, 0.05) is 19.5 Å². The Morgan fingerprint density at radius 1 is 0.953 bits per heavy atom. The van der Waals surface area contributed by atoms with Crippen LogP contribution in [-0.4, -0.2) is 111 Å². The minimum atomic E-state index is -3.34. The van der Waals surface area contributed by atoms with Crippen LogP contribution in [0.5, 0.6) is 0 Å². The van der Waals surface area contributed by atoms with Crippen LogP contribution in [0.2, 0.25) is 0 Å². The van der Waals surface area contributed by atoms with Crippen LogP contribution in [0.3, 0.4) is 0 Å². The molecule has 16 heteroatoms. The quantitative estimate of drug-likeness (QED) is 0.176. The standard InChI is InChI=1S/C27H38F4N4O8/c1-17(2)12-19(23(38)34-27(24(39)40,16-43-26(30)31)13-18-6-4-3-5-7-18)33-22(37)20(15-42-25(28)29)32-21(36)14-35-8-10-41-11-9-35/h3-7,17,19-20,25-26H,8-16H2,1-2H3,(H,32,36)(H,33,37)(H,34,38)(H,39,40)/t19-,20-,27+/m0/s1. The maximum absolute atomic E-state index is 13.5. The summed E-state index contributed by atoms with van der Waals surface area (Å²) in [6.07, 6.45) is -0.495. The molecule has 4 N–H and O–H groups in total. The van der Waals surface area contributed by atoms with E-state index in [4.69, 9.17) is 4.74 Å². The zero-order chi connectivity index (χ0) is 32.0. The summed E-state index contributed by atoms with van der Waals surface area (Å²) in [5.74, 6) is -4.69. The molecule has 12 nitrogen and oxygen atoms in total. The normalized spacial score (nSPS) is 16.9. The molecule has 1 aliphatic rings. The Morgan fingerprint density at radius 3 is 2.14 bits per heavy atom. The van der Waals surface area contributed by atoms with E-state index in [1.54, 1.807) is 36.9 Å². The third-order valence-electron chi connectivity index (χ3n) is 6.43. The number of nitrogens with one attached hydrogen (secondary N) is 3. The van der Waals surface area contributed by atoms with Gasteiger partial charge in [0.05, 0.1) is 33.0 Å². The van der Waals surface area contributed by atoms with Gasteiger partial charge in [0.2, 0.25) is 17.7 Å². The number of benzene rings is 1. The lowest BCUT2D eigenvalue weighted by Gasteiger charge is -2.33. The Morgan fingerprint density at radius 2 is 1.58 bits per heavy atom. The van der Waals surface area contributed by atoms with Crippen LogP contribution in [0.1, 0.15) is 25.8 Å². The van der Waals surface area contributed by atoms with Gasteiger partial charge in [-0.3, -0.25) is 19.3 Å². The van der Waals surface area contributed by atoms with E-state index in [0.29, 0.717) is 31.9 Å². The van der Waals surface area contributed by atoms with E-state index in [-0.39, 0.29) is 18.9 Å². The van der Waals surface area contributed by atoms with Gasteiger partial charge in [-0.2, -0.15) is 17.6 Å². The molecule has 0 spiro atoms. The second-order valence-electron chi connectivity index (χ2n) is 10.4. The van der Waals surface area contributed by atoms with Crippen LogP contribution in [-0.2, 0) is 39.8 Å². The Bertz CT molecular complexity index is 1050. The van der Waals surface area contributed by atoms with Crippen LogP contribution in [0.15, 0.2) is 30.3 Å². The molecule has 1 saturated heterocycles. The molecule has 43 heavy (non-hydrogen) atoms. The number of morpholine rings is 1. The van der Waals surface area contributed by atoms with Crippen molar-refractivity contribution in [2.45, 2.75) is 57.5 Å². The lowest BCUT2D eigenvalue weighted by molar-refractivity contribution is -0.168. The second kappa shape index (κ2) is 17.7. The summed E-state index contributed by atoms with van der Waals surface area (Å²) in [5, 5.41) is 17.0. The maximum atomic E-state index is 13.5. The predicted octanol–water partition coefficient (Wildman–Crippen LogP) is 0.995. The number of carbonyl (C=O) groups is 4. The van der Waals surface area contributed by atoms with E-state index in [2.05, 4.69) is 25.4 Å². The summed E-state index contributed by atoms with van der Waals surface area (Å²) >= 11 is 0. The average Bonchev–Trinajstić information content (AvgIpc) is 2.94.